The predicted octanol–water partition coefficient (Wildman–Crippen LogP) is 38.2. The average molecular weight is 1880 g/mol. The van der Waals surface area contributed by atoms with E-state index in [0.29, 0.717) is 0 Å². The minimum Gasteiger partial charge on any atom is -0.311 e. The summed E-state index contributed by atoms with van der Waals surface area (Å²) in [6, 6.07) is 188. The van der Waals surface area contributed by atoms with Crippen LogP contribution in [0, 0.1) is 41.5 Å². The maximum atomic E-state index is 2.55. The van der Waals surface area contributed by atoms with Crippen molar-refractivity contribution in [3.63, 3.8) is 0 Å². The molecular weight excluding hydrogens is 1770 g/mol. The molecule has 0 spiro atoms. The zero-order chi connectivity index (χ0) is 98.0. The first-order valence-electron chi connectivity index (χ1n) is 51.1. The second-order valence-electron chi connectivity index (χ2n) is 39.7. The molecule has 0 N–H and O–H groups in total. The molecule has 1 unspecified atom stereocenters. The molecule has 3 aromatic heterocycles. The summed E-state index contributed by atoms with van der Waals surface area (Å²) < 4.78 is 7.33. The van der Waals surface area contributed by atoms with Crippen molar-refractivity contribution in [2.75, 3.05) is 24.5 Å². The van der Waals surface area contributed by atoms with Gasteiger partial charge in [0, 0.05) is 140 Å². The van der Waals surface area contributed by atoms with Crippen LogP contribution in [0.25, 0.3) is 105 Å². The minimum absolute atomic E-state index is 0.269. The molecule has 1 saturated carbocycles. The van der Waals surface area contributed by atoms with E-state index < -0.39 is 0 Å². The van der Waals surface area contributed by atoms with Crippen molar-refractivity contribution < 1.29 is 0 Å². The molecule has 0 bridgehead atoms. The molecule has 8 nitrogen and oxygen atoms in total. The number of anilines is 15. The van der Waals surface area contributed by atoms with Crippen LogP contribution in [0.5, 0.6) is 0 Å². The molecular formula is C138H110N8. The molecule has 8 heteroatoms. The lowest BCUT2D eigenvalue weighted by Crippen LogP contribution is -2.33. The highest BCUT2D eigenvalue weighted by Crippen LogP contribution is 2.54. The summed E-state index contributed by atoms with van der Waals surface area (Å²) in [5.74, 6) is 0.269. The van der Waals surface area contributed by atoms with E-state index in [1.54, 1.807) is 0 Å². The van der Waals surface area contributed by atoms with Crippen LogP contribution in [0.1, 0.15) is 81.7 Å². The number of para-hydroxylation sites is 6. The number of hydrogen-bond acceptors (Lipinski definition) is 5. The number of hydrogen-bond donors (Lipinski definition) is 0. The maximum absolute atomic E-state index is 2.55. The van der Waals surface area contributed by atoms with Crippen molar-refractivity contribution in [2.24, 2.45) is 0 Å². The van der Waals surface area contributed by atoms with Crippen LogP contribution in [0.15, 0.2) is 504 Å². The zero-order valence-corrected chi connectivity index (χ0v) is 82.9. The number of aromatic nitrogens is 3. The monoisotopic (exact) mass is 1880 g/mol. The summed E-state index contributed by atoms with van der Waals surface area (Å²) in [7, 11) is 0. The van der Waals surface area contributed by atoms with Gasteiger partial charge in [0.1, 0.15) is 0 Å². The lowest BCUT2D eigenvalue weighted by atomic mass is 9.61. The number of aryl methyl sites for hydroxylation is 6. The van der Waals surface area contributed by atoms with Gasteiger partial charge in [0.2, 0.25) is 0 Å². The summed E-state index contributed by atoms with van der Waals surface area (Å²) in [6.07, 6.45) is 4.14. The Balaban J connectivity index is 0.544. The molecule has 1 fully saturated rings. The van der Waals surface area contributed by atoms with Crippen LogP contribution in [0.2, 0.25) is 0 Å². The Morgan fingerprint density at radius 1 is 0.205 bits per heavy atom. The standard InChI is InChI=1S/C138H110N8/c1-94-35-56-109(57-36-94)139(107-23-9-7-10-24-107)114-67-46-100(47-68-114)101-48-69-115(70-49-101)143(108-25-11-8-12-26-108)124-66-45-99(6)129(92-124)103-51-88-137-131(91-103)128-30-16-20-34-135(128)146(137)123-85-79-120(80-86-123)142(118-75-81-121(82-76-118)144-132-31-17-13-27-125(132)126-28-14-18-32-133(126)144)119-77-83-122(84-78-119)145-134-33-19-15-29-127(134)130-90-102(50-87-136(130)145)104-22-21-89-138(93-104,105-52-71-116(72-53-105)140(110-58-37-95(2)38-59-110)111-60-39-96(3)40-61-111)106-54-73-117(74-55-106)141(112-62-41-97(4)42-63-112)113-64-43-98(5)44-65-113/h7-20,23-88,90-92,104H,21-22,89,93H2,1-6H3. The van der Waals surface area contributed by atoms with Crippen LogP contribution in [0.4, 0.5) is 85.3 Å². The summed E-state index contributed by atoms with van der Waals surface area (Å²) in [4.78, 5) is 11.9. The van der Waals surface area contributed by atoms with Gasteiger partial charge in [-0.05, 0) is 378 Å². The van der Waals surface area contributed by atoms with Crippen LogP contribution < -0.4 is 24.5 Å². The minimum atomic E-state index is -0.307. The van der Waals surface area contributed by atoms with Gasteiger partial charge < -0.3 is 38.2 Å². The lowest BCUT2D eigenvalue weighted by Gasteiger charge is -2.43. The Morgan fingerprint density at radius 3 is 0.801 bits per heavy atom. The van der Waals surface area contributed by atoms with E-state index in [1.165, 1.54) is 110 Å². The first-order chi connectivity index (χ1) is 71.8. The fourth-order valence-electron chi connectivity index (χ4n) is 23.0. The Morgan fingerprint density at radius 2 is 0.459 bits per heavy atom. The second-order valence-corrected chi connectivity index (χ2v) is 39.7. The number of fused-ring (bicyclic) bond motifs is 9. The van der Waals surface area contributed by atoms with Gasteiger partial charge in [-0.1, -0.05) is 271 Å². The molecule has 1 atom stereocenters. The zero-order valence-electron chi connectivity index (χ0n) is 82.9. The van der Waals surface area contributed by atoms with Crippen LogP contribution >= 0.6 is 0 Å². The first kappa shape index (κ1) is 89.4. The highest BCUT2D eigenvalue weighted by molar-refractivity contribution is 6.13. The van der Waals surface area contributed by atoms with E-state index in [2.05, 4.69) is 583 Å². The van der Waals surface area contributed by atoms with Gasteiger partial charge in [0.25, 0.3) is 0 Å². The van der Waals surface area contributed by atoms with Crippen molar-refractivity contribution in [2.45, 2.75) is 78.6 Å². The third kappa shape index (κ3) is 16.5. The molecule has 21 aromatic carbocycles. The summed E-state index contributed by atoms with van der Waals surface area (Å²) in [6.45, 7) is 13.0. The molecule has 25 rings (SSSR count). The Bertz CT molecular complexity index is 8620. The molecule has 702 valence electrons. The third-order valence-electron chi connectivity index (χ3n) is 30.5. The topological polar surface area (TPSA) is 31.0 Å². The normalized spacial score (nSPS) is 13.0. The Labute approximate surface area is 854 Å². The van der Waals surface area contributed by atoms with E-state index in [0.717, 1.165) is 156 Å². The molecule has 0 saturated heterocycles. The molecule has 1 aliphatic carbocycles. The van der Waals surface area contributed by atoms with Gasteiger partial charge in [0.05, 0.1) is 33.1 Å². The van der Waals surface area contributed by atoms with Crippen molar-refractivity contribution in [3.8, 4) is 39.3 Å². The summed E-state index contributed by atoms with van der Waals surface area (Å²) >= 11 is 0. The van der Waals surface area contributed by atoms with Gasteiger partial charge in [-0.25, -0.2) is 0 Å². The molecule has 0 amide bonds. The predicted molar refractivity (Wildman–Crippen MR) is 617 cm³/mol. The van der Waals surface area contributed by atoms with E-state index in [1.807, 2.05) is 0 Å². The van der Waals surface area contributed by atoms with E-state index in [9.17, 15) is 0 Å². The maximum Gasteiger partial charge on any atom is 0.0541 e. The Kier molecular flexibility index (Phi) is 23.1. The van der Waals surface area contributed by atoms with Gasteiger partial charge >= 0.3 is 0 Å². The van der Waals surface area contributed by atoms with Crippen molar-refractivity contribution in [3.05, 3.63) is 554 Å². The fourth-order valence-corrected chi connectivity index (χ4v) is 23.0. The molecule has 0 aliphatic heterocycles. The van der Waals surface area contributed by atoms with Crippen LogP contribution in [-0.2, 0) is 5.41 Å². The largest absolute Gasteiger partial charge is 0.311 e. The van der Waals surface area contributed by atoms with Crippen molar-refractivity contribution in [1.82, 2.24) is 13.7 Å². The smallest absolute Gasteiger partial charge is 0.0541 e. The van der Waals surface area contributed by atoms with Crippen molar-refractivity contribution in [1.29, 1.82) is 0 Å². The van der Waals surface area contributed by atoms with Gasteiger partial charge in [-0.15, -0.1) is 0 Å². The van der Waals surface area contributed by atoms with E-state index >= 15 is 0 Å². The fraction of sp³-hybridized carbons (Fsp3) is 0.0870. The number of benzene rings is 21. The molecule has 3 heterocycles. The van der Waals surface area contributed by atoms with Gasteiger partial charge in [-0.2, -0.15) is 0 Å². The lowest BCUT2D eigenvalue weighted by molar-refractivity contribution is 0.310. The van der Waals surface area contributed by atoms with E-state index in [-0.39, 0.29) is 11.3 Å². The average Bonchev–Trinajstić information content (AvgIpc) is 1.32. The van der Waals surface area contributed by atoms with Crippen molar-refractivity contribution >= 4 is 151 Å². The summed E-state index contributed by atoms with van der Waals surface area (Å²) in [5, 5.41) is 7.36. The molecule has 146 heavy (non-hydrogen) atoms. The first-order valence-corrected chi connectivity index (χ1v) is 51.1. The molecule has 1 aliphatic rings. The highest BCUT2D eigenvalue weighted by Gasteiger charge is 2.41. The third-order valence-corrected chi connectivity index (χ3v) is 30.5. The van der Waals surface area contributed by atoms with Crippen LogP contribution in [-0.4, -0.2) is 13.7 Å². The number of rotatable bonds is 23. The van der Waals surface area contributed by atoms with Gasteiger partial charge in [0.15, 0.2) is 0 Å². The van der Waals surface area contributed by atoms with E-state index in [4.69, 9.17) is 0 Å². The SMILES string of the molecule is Cc1ccc(N(c2ccccc2)c2ccc(-c3ccc(N(c4ccccc4)c4ccc(C)c(-c5ccc6c(c5)c5ccccc5n6-c5ccc(N(c6ccc(-n7c8ccccc8c8ccccc87)cc6)c6ccc(-n7c8ccccc8c8cc(C9CCCC(c%10ccc(N(c%11ccc(C)cc%11)c%11ccc(C)cc%11)cc%10)(c%10ccc(N(c%11ccc(C)cc%11)c%11ccc(C)cc%11)cc%10)C9)ccc87)cc6)cc5)c4)cc3)cc2)cc1. The molecule has 0 radical (unpaired) electrons. The van der Waals surface area contributed by atoms with Crippen LogP contribution in [0.3, 0.4) is 0 Å². The summed E-state index contributed by atoms with van der Waals surface area (Å²) in [5.41, 5.74) is 42.5. The number of nitrogens with zero attached hydrogens (tertiary/aromatic N) is 8. The highest BCUT2D eigenvalue weighted by atomic mass is 15.2. The molecule has 24 aromatic rings. The second kappa shape index (κ2) is 37.8. The Hall–Kier alpha value is -18.0. The quantitative estimate of drug-likeness (QED) is 0.0637. The van der Waals surface area contributed by atoms with Gasteiger partial charge in [-0.3, -0.25) is 0 Å².